The molecule has 31 nitrogen and oxygen atoms in total. The summed E-state index contributed by atoms with van der Waals surface area (Å²) in [5.74, 6) is -4.76. The van der Waals surface area contributed by atoms with E-state index in [4.69, 9.17) is 34.9 Å². The molecule has 119 heavy (non-hydrogen) atoms. The standard InChI is InChI=1S/C87H120N12O19S/c1-12-15-23-40-117-99(85(110)80(59(6)13-2)96-83(109)71-28-21-22-39-97(71)11)72(58(4)5)51-73(118-61(8)100)84-95-69(57-119-84)82(108)93-67(52-87(9,10)86(111)112)49-63-30-33-66(34-31-63)92-77(104)55-91-81(107)68(50-62-24-17-16-18-25-62)94-78(105)54-90-76(103)53-89-75(102)37-41-113-43-45-115-47-48-116-46-44-114-42-38-88-74(101)35-36-79(106)98-56-64(14-3)60(7)29-32-65-26-19-20-27-70(65)98/h1,14,16-20,24-27,29-34,57-59,67-68,71-73,80H,3,13,15,21-23,28,35-56H2,2,4-11H3,(H,88,101)(H,89,102)(H,90,103)(H,91,107)(H,92,104)(H,93,108)(H,94,105)(H,96,109)(H,111,112)/b32-29-,64-60-/t59-,67-,68-,71+,72+,73+,80-/m0/s1. The lowest BCUT2D eigenvalue weighted by atomic mass is 9.84. The van der Waals surface area contributed by atoms with Gasteiger partial charge in [-0.2, -0.15) is 0 Å². The number of carbonyl (C=O) groups excluding carboxylic acids is 11. The molecule has 1 saturated heterocycles. The van der Waals surface area contributed by atoms with Gasteiger partial charge in [-0.05, 0) is 124 Å². The highest BCUT2D eigenvalue weighted by atomic mass is 32.1. The summed E-state index contributed by atoms with van der Waals surface area (Å²) >= 11 is 1.06. The molecule has 2 aliphatic heterocycles. The third-order valence-electron chi connectivity index (χ3n) is 20.1. The number of allylic oxidation sites excluding steroid dienone is 2. The number of amides is 10. The number of hydroxylamine groups is 2. The van der Waals surface area contributed by atoms with Crippen LogP contribution in [0.15, 0.2) is 114 Å². The third kappa shape index (κ3) is 34.4. The molecule has 648 valence electrons. The average molecular weight is 1670 g/mol. The molecule has 0 unspecified atom stereocenters. The van der Waals surface area contributed by atoms with Crippen LogP contribution in [0.4, 0.5) is 11.4 Å². The normalized spacial score (nSPS) is 15.9. The predicted molar refractivity (Wildman–Crippen MR) is 450 cm³/mol. The number of aliphatic carboxylic acids is 1. The van der Waals surface area contributed by atoms with E-state index in [-0.39, 0.29) is 131 Å². The summed E-state index contributed by atoms with van der Waals surface area (Å²) in [7, 11) is 1.89. The molecule has 2 aliphatic rings. The van der Waals surface area contributed by atoms with Crippen LogP contribution in [0.3, 0.4) is 0 Å². The van der Waals surface area contributed by atoms with Crippen molar-refractivity contribution in [2.45, 2.75) is 175 Å². The number of anilines is 2. The van der Waals surface area contributed by atoms with Crippen molar-refractivity contribution in [3.05, 3.63) is 142 Å². The Morgan fingerprint density at radius 1 is 0.731 bits per heavy atom. The fourth-order valence-electron chi connectivity index (χ4n) is 13.0. The van der Waals surface area contributed by atoms with E-state index in [0.29, 0.717) is 68.9 Å². The van der Waals surface area contributed by atoms with Crippen molar-refractivity contribution in [1.29, 1.82) is 0 Å². The van der Waals surface area contributed by atoms with E-state index < -0.39 is 115 Å². The number of unbranched alkanes of at least 4 members (excludes halogenated alkanes) is 1. The molecule has 7 atom stereocenters. The lowest BCUT2D eigenvalue weighted by molar-refractivity contribution is -0.213. The topological polar surface area (TPSA) is 399 Å². The van der Waals surface area contributed by atoms with Crippen molar-refractivity contribution in [3.63, 3.8) is 0 Å². The summed E-state index contributed by atoms with van der Waals surface area (Å²) < 4.78 is 28.0. The Hall–Kier alpha value is -10.5. The number of thiazole rings is 1. The zero-order valence-corrected chi connectivity index (χ0v) is 70.8. The number of carboxylic acids is 1. The van der Waals surface area contributed by atoms with E-state index >= 15 is 0 Å². The van der Waals surface area contributed by atoms with Crippen LogP contribution in [-0.4, -0.2) is 227 Å². The molecular formula is C87H120N12O19S. The second-order valence-electron chi connectivity index (χ2n) is 30.3. The molecule has 10 amide bonds. The van der Waals surface area contributed by atoms with E-state index in [2.05, 4.69) is 60.0 Å². The van der Waals surface area contributed by atoms with Crippen LogP contribution in [-0.2, 0) is 94.1 Å². The number of hydrogen-bond donors (Lipinski definition) is 9. The molecule has 3 heterocycles. The highest BCUT2D eigenvalue weighted by Crippen LogP contribution is 2.34. The Morgan fingerprint density at radius 3 is 2.03 bits per heavy atom. The molecular weight excluding hydrogens is 1550 g/mol. The summed E-state index contributed by atoms with van der Waals surface area (Å²) in [5, 5.41) is 34.9. The summed E-state index contributed by atoms with van der Waals surface area (Å²) in [5.41, 5.74) is 3.94. The quantitative estimate of drug-likeness (QED) is 0.00919. The first-order chi connectivity index (χ1) is 57.0. The van der Waals surface area contributed by atoms with Crippen molar-refractivity contribution in [3.8, 4) is 12.3 Å². The predicted octanol–water partition coefficient (Wildman–Crippen LogP) is 7.12. The number of benzene rings is 3. The van der Waals surface area contributed by atoms with Crippen molar-refractivity contribution in [1.82, 2.24) is 52.2 Å². The fourth-order valence-corrected chi connectivity index (χ4v) is 13.9. The monoisotopic (exact) mass is 1670 g/mol. The number of likely N-dealkylation sites (tertiary alicyclic amines) is 1. The van der Waals surface area contributed by atoms with Crippen molar-refractivity contribution >= 4 is 99.8 Å². The Morgan fingerprint density at radius 2 is 1.37 bits per heavy atom. The van der Waals surface area contributed by atoms with E-state index in [9.17, 15) is 62.6 Å². The maximum atomic E-state index is 15.0. The smallest absolute Gasteiger partial charge is 0.309 e. The average Bonchev–Trinajstić information content (AvgIpc) is 1.61. The minimum atomic E-state index is -1.32. The number of fused-ring (bicyclic) bond motifs is 1. The van der Waals surface area contributed by atoms with Gasteiger partial charge in [0.15, 0.2) is 6.10 Å². The molecule has 32 heteroatoms. The Balaban J connectivity index is 0.896. The van der Waals surface area contributed by atoms with E-state index in [1.165, 1.54) is 31.2 Å². The fraction of sp³-hybridized carbons (Fsp3) is 0.529. The molecule has 0 saturated carbocycles. The van der Waals surface area contributed by atoms with Crippen LogP contribution >= 0.6 is 11.3 Å². The molecule has 0 radical (unpaired) electrons. The number of piperidine rings is 1. The van der Waals surface area contributed by atoms with Crippen LogP contribution < -0.4 is 47.4 Å². The molecule has 4 aromatic rings. The first-order valence-corrected chi connectivity index (χ1v) is 41.5. The minimum Gasteiger partial charge on any atom is -0.481 e. The molecule has 6 rings (SSSR count). The number of nitrogens with one attached hydrogen (secondary N) is 8. The molecule has 3 aromatic carbocycles. The summed E-state index contributed by atoms with van der Waals surface area (Å²) in [4.78, 5) is 174. The van der Waals surface area contributed by atoms with Gasteiger partial charge in [-0.15, -0.1) is 23.7 Å². The minimum absolute atomic E-state index is 0.0129. The van der Waals surface area contributed by atoms with Crippen molar-refractivity contribution in [2.75, 3.05) is 116 Å². The zero-order chi connectivity index (χ0) is 86.8. The van der Waals surface area contributed by atoms with Crippen LogP contribution in [0.2, 0.25) is 0 Å². The van der Waals surface area contributed by atoms with Gasteiger partial charge in [0.1, 0.15) is 22.8 Å². The van der Waals surface area contributed by atoms with Gasteiger partial charge >= 0.3 is 11.9 Å². The third-order valence-corrected chi connectivity index (χ3v) is 21.1. The second-order valence-corrected chi connectivity index (χ2v) is 31.2. The lowest BCUT2D eigenvalue weighted by Crippen LogP contribution is -2.58. The van der Waals surface area contributed by atoms with Gasteiger partial charge in [0, 0.05) is 69.1 Å². The number of aromatic nitrogens is 1. The van der Waals surface area contributed by atoms with Gasteiger partial charge < -0.3 is 76.2 Å². The number of carboxylic acid groups (broad SMARTS) is 1. The van der Waals surface area contributed by atoms with Gasteiger partial charge in [-0.1, -0.05) is 126 Å². The van der Waals surface area contributed by atoms with Crippen molar-refractivity contribution < 1.29 is 91.2 Å². The molecule has 0 aliphatic carbocycles. The first kappa shape index (κ1) is 97.3. The van der Waals surface area contributed by atoms with E-state index in [0.717, 1.165) is 53.1 Å². The number of para-hydroxylation sites is 1. The highest BCUT2D eigenvalue weighted by molar-refractivity contribution is 7.09. The maximum absolute atomic E-state index is 15.0. The van der Waals surface area contributed by atoms with E-state index in [1.807, 2.05) is 83.0 Å². The van der Waals surface area contributed by atoms with Crippen LogP contribution in [0.1, 0.15) is 164 Å². The van der Waals surface area contributed by atoms with Gasteiger partial charge in [0.05, 0.1) is 109 Å². The van der Waals surface area contributed by atoms with Crippen LogP contribution in [0.25, 0.3) is 6.08 Å². The Kier molecular flexibility index (Phi) is 42.3. The number of nitrogens with zero attached hydrogens (tertiary/aromatic N) is 4. The van der Waals surface area contributed by atoms with Gasteiger partial charge in [0.2, 0.25) is 47.3 Å². The van der Waals surface area contributed by atoms with Crippen molar-refractivity contribution in [2.24, 2.45) is 17.3 Å². The first-order valence-electron chi connectivity index (χ1n) is 40.6. The summed E-state index contributed by atoms with van der Waals surface area (Å²) in [6.45, 7) is 19.7. The van der Waals surface area contributed by atoms with Gasteiger partial charge in [-0.25, -0.2) is 10.0 Å². The van der Waals surface area contributed by atoms with Crippen LogP contribution in [0, 0.1) is 29.6 Å². The van der Waals surface area contributed by atoms with Crippen LogP contribution in [0.5, 0.6) is 0 Å². The summed E-state index contributed by atoms with van der Waals surface area (Å²) in [6.07, 6.45) is 14.2. The second kappa shape index (κ2) is 51.7. The molecule has 9 N–H and O–H groups in total. The molecule has 1 aromatic heterocycles. The van der Waals surface area contributed by atoms with Gasteiger partial charge in [0.25, 0.3) is 11.8 Å². The number of ether oxygens (including phenoxy) is 5. The molecule has 1 fully saturated rings. The number of hydrogen-bond acceptors (Lipinski definition) is 21. The Bertz CT molecular complexity index is 4130. The summed E-state index contributed by atoms with van der Waals surface area (Å²) in [6, 6.07) is 18.9. The maximum Gasteiger partial charge on any atom is 0.309 e. The molecule has 0 bridgehead atoms. The molecule has 0 spiro atoms. The number of terminal acetylenes is 1. The number of rotatable bonds is 52. The number of likely N-dealkylation sites (N-methyl/N-ethyl adjacent to an activating group) is 1. The van der Waals surface area contributed by atoms with Gasteiger partial charge in [-0.3, -0.25) is 67.3 Å². The lowest BCUT2D eigenvalue weighted by Gasteiger charge is -2.39. The number of carbonyl (C=O) groups is 12. The number of esters is 1. The Labute approximate surface area is 702 Å². The largest absolute Gasteiger partial charge is 0.481 e. The highest BCUT2D eigenvalue weighted by Gasteiger charge is 2.41. The van der Waals surface area contributed by atoms with E-state index in [1.54, 1.807) is 65.6 Å². The SMILES string of the molecule is C#CCCCON(C(=O)[C@@H](NC(=O)[C@H]1CCCCN1C)[C@@H](C)CC)[C@H](C[C@@H](OC(C)=O)c1nc(C(=O)N[C@@H](Cc2ccc(NC(=O)CNC(=O)[C@H](Cc3ccccc3)NC(=O)CNC(=O)CNC(=O)CCOCCOCCOCCOCCNC(=O)CCC(=O)N3C/C(C=C)=C(C)\C=C/c4ccccc43)cc2)CC(C)(C)C(=O)O)cs1)C(C)C. The zero-order valence-electron chi connectivity index (χ0n) is 70.0.